The van der Waals surface area contributed by atoms with Crippen molar-refractivity contribution in [3.05, 3.63) is 53.0 Å². The van der Waals surface area contributed by atoms with E-state index in [0.29, 0.717) is 11.2 Å². The van der Waals surface area contributed by atoms with Crippen molar-refractivity contribution < 1.29 is 0 Å². The molecule has 2 N–H and O–H groups in total. The zero-order valence-corrected chi connectivity index (χ0v) is 14.0. The second kappa shape index (κ2) is 5.32. The van der Waals surface area contributed by atoms with E-state index in [2.05, 4.69) is 39.6 Å². The van der Waals surface area contributed by atoms with Crippen LogP contribution < -0.4 is 5.32 Å². The van der Waals surface area contributed by atoms with E-state index in [4.69, 9.17) is 10.2 Å². The van der Waals surface area contributed by atoms with Gasteiger partial charge < -0.3 is 10.3 Å². The lowest BCUT2D eigenvalue weighted by Crippen LogP contribution is -2.36. The standard InChI is InChI=1S/C20H19N5/c21-11-13-9-17-18(23-12-13)25-19(24-17)20(6-2-7-20)15-4-5-16-14(10-15)3-1-8-22-16/h4-5,9-10,12,22H,1-3,6-8H2,(H,23,24,25). The topological polar surface area (TPSA) is 77.4 Å². The number of pyridine rings is 1. The van der Waals surface area contributed by atoms with E-state index in [1.54, 1.807) is 6.20 Å². The first-order valence-corrected chi connectivity index (χ1v) is 8.92. The highest BCUT2D eigenvalue weighted by Crippen LogP contribution is 2.49. The Morgan fingerprint density at radius 1 is 1.16 bits per heavy atom. The lowest BCUT2D eigenvalue weighted by Gasteiger charge is -2.41. The van der Waals surface area contributed by atoms with Gasteiger partial charge in [0.15, 0.2) is 5.65 Å². The third-order valence-electron chi connectivity index (χ3n) is 5.72. The molecule has 1 aliphatic heterocycles. The number of nitrogens with one attached hydrogen (secondary N) is 2. The van der Waals surface area contributed by atoms with Gasteiger partial charge >= 0.3 is 0 Å². The molecule has 1 fully saturated rings. The van der Waals surface area contributed by atoms with Crippen molar-refractivity contribution in [2.45, 2.75) is 37.5 Å². The molecular formula is C20H19N5. The molecular weight excluding hydrogens is 310 g/mol. The fraction of sp³-hybridized carbons (Fsp3) is 0.350. The Balaban J connectivity index is 1.62. The first-order chi connectivity index (χ1) is 12.3. The summed E-state index contributed by atoms with van der Waals surface area (Å²) in [4.78, 5) is 12.6. The van der Waals surface area contributed by atoms with Crippen LogP contribution in [0.1, 0.15) is 48.2 Å². The number of nitrogens with zero attached hydrogens (tertiary/aromatic N) is 3. The molecule has 0 bridgehead atoms. The highest BCUT2D eigenvalue weighted by molar-refractivity contribution is 5.72. The van der Waals surface area contributed by atoms with E-state index in [1.807, 2.05) is 6.07 Å². The average molecular weight is 329 g/mol. The van der Waals surface area contributed by atoms with E-state index >= 15 is 0 Å². The average Bonchev–Trinajstić information content (AvgIpc) is 3.03. The van der Waals surface area contributed by atoms with Gasteiger partial charge in [0.25, 0.3) is 0 Å². The van der Waals surface area contributed by atoms with Gasteiger partial charge in [-0.05, 0) is 48.9 Å². The zero-order valence-electron chi connectivity index (χ0n) is 14.0. The molecule has 0 atom stereocenters. The second-order valence-electron chi connectivity index (χ2n) is 7.13. The van der Waals surface area contributed by atoms with Crippen LogP contribution in [0.5, 0.6) is 0 Å². The van der Waals surface area contributed by atoms with Crippen molar-refractivity contribution in [2.24, 2.45) is 0 Å². The predicted octanol–water partition coefficient (Wildman–Crippen LogP) is 3.66. The van der Waals surface area contributed by atoms with Gasteiger partial charge in [0.2, 0.25) is 0 Å². The third-order valence-corrected chi connectivity index (χ3v) is 5.72. The Kier molecular flexibility index (Phi) is 3.08. The molecule has 3 aromatic rings. The summed E-state index contributed by atoms with van der Waals surface area (Å²) in [5.74, 6) is 0.986. The Bertz CT molecular complexity index is 1010. The van der Waals surface area contributed by atoms with Crippen molar-refractivity contribution in [3.63, 3.8) is 0 Å². The summed E-state index contributed by atoms with van der Waals surface area (Å²) in [6.45, 7) is 1.06. The van der Waals surface area contributed by atoms with Crippen LogP contribution in [-0.2, 0) is 11.8 Å². The first kappa shape index (κ1) is 14.5. The fourth-order valence-electron chi connectivity index (χ4n) is 4.15. The van der Waals surface area contributed by atoms with E-state index in [9.17, 15) is 0 Å². The first-order valence-electron chi connectivity index (χ1n) is 8.92. The molecule has 0 saturated heterocycles. The Morgan fingerprint density at radius 3 is 2.88 bits per heavy atom. The summed E-state index contributed by atoms with van der Waals surface area (Å²) in [5, 5.41) is 12.6. The molecule has 1 aliphatic carbocycles. The van der Waals surface area contributed by atoms with Crippen LogP contribution in [0.3, 0.4) is 0 Å². The third kappa shape index (κ3) is 2.14. The van der Waals surface area contributed by atoms with Gasteiger partial charge in [0, 0.05) is 18.4 Å². The lowest BCUT2D eigenvalue weighted by atomic mass is 9.63. The monoisotopic (exact) mass is 329 g/mol. The van der Waals surface area contributed by atoms with Gasteiger partial charge in [-0.2, -0.15) is 5.26 Å². The molecule has 0 amide bonds. The van der Waals surface area contributed by atoms with E-state index < -0.39 is 0 Å². The van der Waals surface area contributed by atoms with Crippen molar-refractivity contribution in [3.8, 4) is 6.07 Å². The molecule has 2 aromatic heterocycles. The van der Waals surface area contributed by atoms with Crippen LogP contribution >= 0.6 is 0 Å². The maximum absolute atomic E-state index is 9.08. The summed E-state index contributed by atoms with van der Waals surface area (Å²) in [7, 11) is 0. The number of fused-ring (bicyclic) bond motifs is 2. The molecule has 5 nitrogen and oxygen atoms in total. The fourth-order valence-corrected chi connectivity index (χ4v) is 4.15. The van der Waals surface area contributed by atoms with Crippen LogP contribution in [0.4, 0.5) is 5.69 Å². The van der Waals surface area contributed by atoms with Crippen molar-refractivity contribution in [2.75, 3.05) is 11.9 Å². The molecule has 5 heteroatoms. The maximum Gasteiger partial charge on any atom is 0.177 e. The number of hydrogen-bond donors (Lipinski definition) is 2. The highest BCUT2D eigenvalue weighted by Gasteiger charge is 2.43. The summed E-state index contributed by atoms with van der Waals surface area (Å²) >= 11 is 0. The van der Waals surface area contributed by atoms with Crippen LogP contribution in [0.15, 0.2) is 30.5 Å². The SMILES string of the molecule is N#Cc1cnc2nc(C3(c4ccc5c(c4)CCCN5)CCC3)[nH]c2c1. The number of aromatic nitrogens is 3. The Hall–Kier alpha value is -2.87. The van der Waals surface area contributed by atoms with Gasteiger partial charge in [-0.3, -0.25) is 0 Å². The normalized spacial score (nSPS) is 18.0. The second-order valence-corrected chi connectivity index (χ2v) is 7.13. The van der Waals surface area contributed by atoms with Gasteiger partial charge in [0.05, 0.1) is 16.5 Å². The van der Waals surface area contributed by atoms with Gasteiger partial charge in [-0.15, -0.1) is 0 Å². The largest absolute Gasteiger partial charge is 0.385 e. The molecule has 2 aliphatic rings. The Morgan fingerprint density at radius 2 is 2.08 bits per heavy atom. The lowest BCUT2D eigenvalue weighted by molar-refractivity contribution is 0.287. The van der Waals surface area contributed by atoms with Crippen LogP contribution in [-0.4, -0.2) is 21.5 Å². The molecule has 0 radical (unpaired) electrons. The summed E-state index contributed by atoms with van der Waals surface area (Å²) in [6, 6.07) is 10.8. The quantitative estimate of drug-likeness (QED) is 0.752. The molecule has 5 rings (SSSR count). The Labute approximate surface area is 146 Å². The minimum Gasteiger partial charge on any atom is -0.385 e. The summed E-state index contributed by atoms with van der Waals surface area (Å²) in [5.41, 5.74) is 6.09. The van der Waals surface area contributed by atoms with Gasteiger partial charge in [-0.1, -0.05) is 18.6 Å². The van der Waals surface area contributed by atoms with E-state index in [0.717, 1.165) is 37.1 Å². The smallest absolute Gasteiger partial charge is 0.177 e. The molecule has 1 aromatic carbocycles. The number of aryl methyl sites for hydroxylation is 1. The zero-order chi connectivity index (χ0) is 16.9. The molecule has 0 spiro atoms. The predicted molar refractivity (Wildman–Crippen MR) is 96.5 cm³/mol. The number of anilines is 1. The number of nitriles is 1. The summed E-state index contributed by atoms with van der Waals surface area (Å²) < 4.78 is 0. The number of rotatable bonds is 2. The minimum atomic E-state index is -0.0417. The summed E-state index contributed by atoms with van der Waals surface area (Å²) in [6.07, 6.45) is 7.33. The number of benzene rings is 1. The van der Waals surface area contributed by atoms with Crippen molar-refractivity contribution in [1.29, 1.82) is 5.26 Å². The van der Waals surface area contributed by atoms with Gasteiger partial charge in [-0.25, -0.2) is 9.97 Å². The van der Waals surface area contributed by atoms with Crippen LogP contribution in [0, 0.1) is 11.3 Å². The molecule has 0 unspecified atom stereocenters. The minimum absolute atomic E-state index is 0.0417. The molecule has 25 heavy (non-hydrogen) atoms. The van der Waals surface area contributed by atoms with Crippen molar-refractivity contribution in [1.82, 2.24) is 15.0 Å². The van der Waals surface area contributed by atoms with E-state index in [-0.39, 0.29) is 5.41 Å². The maximum atomic E-state index is 9.08. The number of aromatic amines is 1. The van der Waals surface area contributed by atoms with Crippen molar-refractivity contribution >= 4 is 16.9 Å². The van der Waals surface area contributed by atoms with Gasteiger partial charge in [0.1, 0.15) is 11.9 Å². The molecule has 124 valence electrons. The number of imidazole rings is 1. The highest BCUT2D eigenvalue weighted by atomic mass is 15.0. The van der Waals surface area contributed by atoms with Crippen LogP contribution in [0.25, 0.3) is 11.2 Å². The number of hydrogen-bond acceptors (Lipinski definition) is 4. The molecule has 1 saturated carbocycles. The molecule has 3 heterocycles. The van der Waals surface area contributed by atoms with E-state index in [1.165, 1.54) is 29.7 Å². The van der Waals surface area contributed by atoms with Crippen LogP contribution in [0.2, 0.25) is 0 Å². The number of H-pyrrole nitrogens is 1.